The summed E-state index contributed by atoms with van der Waals surface area (Å²) in [6.45, 7) is -1.38. The van der Waals surface area contributed by atoms with E-state index < -0.39 is 110 Å². The molecule has 3 aromatic rings. The monoisotopic (exact) mass is 788 g/mol. The van der Waals surface area contributed by atoms with Gasteiger partial charge in [-0.2, -0.15) is 0 Å². The van der Waals surface area contributed by atoms with Crippen molar-refractivity contribution >= 4 is 17.8 Å². The van der Waals surface area contributed by atoms with E-state index in [1.807, 2.05) is 0 Å². The van der Waals surface area contributed by atoms with E-state index in [4.69, 9.17) is 33.2 Å². The second-order valence-corrected chi connectivity index (χ2v) is 13.1. The third kappa shape index (κ3) is 8.37. The minimum absolute atomic E-state index is 0.0242. The van der Waals surface area contributed by atoms with Crippen LogP contribution in [0.2, 0.25) is 0 Å². The van der Waals surface area contributed by atoms with Crippen LogP contribution < -0.4 is 14.2 Å². The Bertz CT molecular complexity index is 1900. The number of benzene rings is 3. The number of aliphatic hydroxyl groups excluding tert-OH is 7. The van der Waals surface area contributed by atoms with Gasteiger partial charge in [-0.05, 0) is 41.5 Å². The van der Waals surface area contributed by atoms with Gasteiger partial charge in [-0.15, -0.1) is 0 Å². The lowest BCUT2D eigenvalue weighted by molar-refractivity contribution is -0.312. The van der Waals surface area contributed by atoms with Gasteiger partial charge in [0.1, 0.15) is 84.0 Å². The van der Waals surface area contributed by atoms with Crippen LogP contribution in [0.1, 0.15) is 27.6 Å². The standard InChI is InChI=1S/C37H40O19/c1-50-21-10-16(5-8-19(21)40)34-35(29(45)26-20(41)11-18(12-22(26)53-34)52-36-32(48)30(46)27(43)23(13-38)54-36)56-37-33(49)31(47)28(44)24(55-37)14-51-25(42)9-4-15-2-6-17(39)7-3-15/h2-12,23-24,27-28,30-41,43-44,46-49H,13-14H2,1H3/t23-,24+,27-,28+,30+,31-,32-,33+,34+,35+,36+,37+/m0/s1. The second kappa shape index (κ2) is 17.0. The molecule has 56 heavy (non-hydrogen) atoms. The van der Waals surface area contributed by atoms with E-state index in [1.165, 1.54) is 43.5 Å². The van der Waals surface area contributed by atoms with Gasteiger partial charge in [0, 0.05) is 18.2 Å². The topological polar surface area (TPSA) is 301 Å². The average molecular weight is 789 g/mol. The van der Waals surface area contributed by atoms with Crippen molar-refractivity contribution in [1.82, 2.24) is 0 Å². The molecule has 3 aliphatic heterocycles. The molecule has 0 aliphatic carbocycles. The predicted octanol–water partition coefficient (Wildman–Crippen LogP) is -1.24. The Morgan fingerprint density at radius 2 is 1.45 bits per heavy atom. The van der Waals surface area contributed by atoms with Crippen molar-refractivity contribution in [3.8, 4) is 34.5 Å². The lowest BCUT2D eigenvalue weighted by atomic mass is 9.92. The zero-order chi connectivity index (χ0) is 40.4. The third-order valence-electron chi connectivity index (χ3n) is 9.37. The molecule has 0 amide bonds. The molecule has 2 saturated heterocycles. The highest BCUT2D eigenvalue weighted by molar-refractivity contribution is 6.06. The maximum atomic E-state index is 14.2. The van der Waals surface area contributed by atoms with Crippen molar-refractivity contribution in [2.24, 2.45) is 0 Å². The normalized spacial score (nSPS) is 31.7. The van der Waals surface area contributed by atoms with Crippen LogP contribution >= 0.6 is 0 Å². The molecule has 2 fully saturated rings. The number of esters is 1. The van der Waals surface area contributed by atoms with E-state index in [0.717, 1.165) is 18.2 Å². The van der Waals surface area contributed by atoms with Gasteiger partial charge in [0.2, 0.25) is 12.1 Å². The largest absolute Gasteiger partial charge is 0.508 e. The molecule has 0 bridgehead atoms. The van der Waals surface area contributed by atoms with E-state index in [2.05, 4.69) is 0 Å². The molecule has 3 aromatic carbocycles. The smallest absolute Gasteiger partial charge is 0.330 e. The summed E-state index contributed by atoms with van der Waals surface area (Å²) in [6.07, 6.45) is -18.1. The zero-order valence-electron chi connectivity index (χ0n) is 29.3. The predicted molar refractivity (Wildman–Crippen MR) is 185 cm³/mol. The van der Waals surface area contributed by atoms with Gasteiger partial charge in [0.05, 0.1) is 13.7 Å². The average Bonchev–Trinajstić information content (AvgIpc) is 3.18. The highest BCUT2D eigenvalue weighted by atomic mass is 16.7. The number of ketones is 1. The van der Waals surface area contributed by atoms with Crippen LogP contribution in [0.3, 0.4) is 0 Å². The Kier molecular flexibility index (Phi) is 12.3. The molecular formula is C37H40O19. The molecule has 0 radical (unpaired) electrons. The molecule has 10 N–H and O–H groups in total. The molecule has 302 valence electrons. The van der Waals surface area contributed by atoms with Crippen molar-refractivity contribution in [2.45, 2.75) is 73.6 Å². The molecule has 0 aromatic heterocycles. The number of methoxy groups -OCH3 is 1. The number of phenols is 3. The number of fused-ring (bicyclic) bond motifs is 1. The van der Waals surface area contributed by atoms with Gasteiger partial charge in [0.25, 0.3) is 0 Å². The summed E-state index contributed by atoms with van der Waals surface area (Å²) < 4.78 is 39.2. The lowest BCUT2D eigenvalue weighted by Crippen LogP contribution is -2.60. The number of hydrogen-bond acceptors (Lipinski definition) is 19. The van der Waals surface area contributed by atoms with Crippen LogP contribution in [-0.2, 0) is 23.7 Å². The van der Waals surface area contributed by atoms with Crippen LogP contribution in [-0.4, -0.2) is 151 Å². The van der Waals surface area contributed by atoms with E-state index in [-0.39, 0.29) is 34.3 Å². The van der Waals surface area contributed by atoms with Gasteiger partial charge < -0.3 is 84.2 Å². The molecule has 3 heterocycles. The first kappa shape index (κ1) is 40.6. The SMILES string of the molecule is COc1cc([C@H]2Oc3cc(O[C@@H]4O[C@@H](CO)[C@H](O)[C@@H](O)[C@@H]4O)cc(O)c3C(=O)[C@H]2O[C@H]2O[C@H](COC(=O)C=Cc3ccc(O)cc3)[C@@H](O)[C@H](O)[C@H]2O)ccc1O. The van der Waals surface area contributed by atoms with Gasteiger partial charge >= 0.3 is 5.97 Å². The van der Waals surface area contributed by atoms with Crippen molar-refractivity contribution in [1.29, 1.82) is 0 Å². The highest BCUT2D eigenvalue weighted by Gasteiger charge is 2.50. The highest BCUT2D eigenvalue weighted by Crippen LogP contribution is 2.45. The lowest BCUT2D eigenvalue weighted by Gasteiger charge is -2.42. The number of carbonyl (C=O) groups is 2. The summed E-state index contributed by atoms with van der Waals surface area (Å²) in [5, 5.41) is 103. The van der Waals surface area contributed by atoms with E-state index in [0.29, 0.717) is 5.56 Å². The molecule has 0 saturated carbocycles. The number of hydrogen-bond donors (Lipinski definition) is 10. The number of phenolic OH excluding ortho intramolecular Hbond substituents is 3. The number of aliphatic hydroxyl groups is 7. The molecule has 3 aliphatic rings. The summed E-state index contributed by atoms with van der Waals surface area (Å²) in [4.78, 5) is 26.6. The first-order valence-corrected chi connectivity index (χ1v) is 17.1. The third-order valence-corrected chi connectivity index (χ3v) is 9.37. The van der Waals surface area contributed by atoms with E-state index in [9.17, 15) is 60.7 Å². The summed E-state index contributed by atoms with van der Waals surface area (Å²) in [6, 6.07) is 11.9. The molecule has 0 unspecified atom stereocenters. The summed E-state index contributed by atoms with van der Waals surface area (Å²) in [5.74, 6) is -3.38. The van der Waals surface area contributed by atoms with Gasteiger partial charge in [0.15, 0.2) is 30.0 Å². The summed E-state index contributed by atoms with van der Waals surface area (Å²) in [7, 11) is 1.27. The first-order chi connectivity index (χ1) is 26.7. The van der Waals surface area contributed by atoms with Crippen molar-refractivity contribution in [3.05, 3.63) is 77.4 Å². The van der Waals surface area contributed by atoms with Crippen LogP contribution in [0, 0.1) is 0 Å². The van der Waals surface area contributed by atoms with Crippen LogP contribution in [0.5, 0.6) is 34.5 Å². The van der Waals surface area contributed by atoms with Gasteiger partial charge in [-0.3, -0.25) is 4.79 Å². The molecule has 19 heteroatoms. The second-order valence-electron chi connectivity index (χ2n) is 13.1. The zero-order valence-corrected chi connectivity index (χ0v) is 29.3. The number of Topliss-reactive ketones (excluding diaryl/α,β-unsaturated/α-hetero) is 1. The maximum absolute atomic E-state index is 14.2. The number of carbonyl (C=O) groups excluding carboxylic acids is 2. The molecule has 19 nitrogen and oxygen atoms in total. The Hall–Kier alpha value is -5.06. The number of ether oxygens (including phenoxy) is 7. The number of aromatic hydroxyl groups is 3. The van der Waals surface area contributed by atoms with Crippen LogP contribution in [0.25, 0.3) is 6.08 Å². The molecular weight excluding hydrogens is 748 g/mol. The minimum Gasteiger partial charge on any atom is -0.508 e. The van der Waals surface area contributed by atoms with Crippen molar-refractivity contribution in [2.75, 3.05) is 20.3 Å². The van der Waals surface area contributed by atoms with Crippen LogP contribution in [0.15, 0.2) is 60.7 Å². The van der Waals surface area contributed by atoms with E-state index in [1.54, 1.807) is 12.1 Å². The Morgan fingerprint density at radius 1 is 0.786 bits per heavy atom. The van der Waals surface area contributed by atoms with Crippen molar-refractivity contribution < 1.29 is 93.8 Å². The number of rotatable bonds is 11. The quantitative estimate of drug-likeness (QED) is 0.0802. The van der Waals surface area contributed by atoms with Crippen molar-refractivity contribution in [3.63, 3.8) is 0 Å². The molecule has 0 spiro atoms. The summed E-state index contributed by atoms with van der Waals surface area (Å²) >= 11 is 0. The fourth-order valence-electron chi connectivity index (χ4n) is 6.28. The Morgan fingerprint density at radius 3 is 2.12 bits per heavy atom. The van der Waals surface area contributed by atoms with Crippen LogP contribution in [0.4, 0.5) is 0 Å². The fourth-order valence-corrected chi connectivity index (χ4v) is 6.28. The Labute approximate surface area is 317 Å². The first-order valence-electron chi connectivity index (χ1n) is 17.1. The fraction of sp³-hybridized carbons (Fsp3) is 0.405. The van der Waals surface area contributed by atoms with Gasteiger partial charge in [-0.25, -0.2) is 4.79 Å². The summed E-state index contributed by atoms with van der Waals surface area (Å²) in [5.41, 5.74) is 0.265. The maximum Gasteiger partial charge on any atom is 0.330 e. The van der Waals surface area contributed by atoms with E-state index >= 15 is 0 Å². The minimum atomic E-state index is -1.97. The molecule has 12 atom stereocenters. The molecule has 6 rings (SSSR count). The Balaban J connectivity index is 1.25. The van der Waals surface area contributed by atoms with Gasteiger partial charge in [-0.1, -0.05) is 18.2 Å².